The third-order valence-electron chi connectivity index (χ3n) is 6.20. The maximum atomic E-state index is 13.2. The highest BCUT2D eigenvalue weighted by atomic mass is 32.2. The molecule has 1 N–H and O–H groups in total. The van der Waals surface area contributed by atoms with Crippen LogP contribution in [0.15, 0.2) is 47.4 Å². The van der Waals surface area contributed by atoms with E-state index in [9.17, 15) is 18.0 Å². The molecule has 0 spiro atoms. The first-order chi connectivity index (χ1) is 16.9. The number of rotatable bonds is 7. The summed E-state index contributed by atoms with van der Waals surface area (Å²) in [5, 5.41) is 11.6. The van der Waals surface area contributed by atoms with Crippen LogP contribution in [0.4, 0.5) is 11.4 Å². The van der Waals surface area contributed by atoms with Crippen molar-refractivity contribution in [3.8, 4) is 6.07 Å². The molecule has 2 aromatic rings. The van der Waals surface area contributed by atoms with Crippen LogP contribution in [-0.2, 0) is 19.6 Å². The van der Waals surface area contributed by atoms with Crippen LogP contribution in [0.3, 0.4) is 0 Å². The third-order valence-corrected chi connectivity index (χ3v) is 8.09. The van der Waals surface area contributed by atoms with E-state index in [1.807, 2.05) is 11.0 Å². The molecule has 0 bridgehead atoms. The SMILES string of the molecule is N#Cc1cccc(NC(=O)COC(=O)c2cc(S(=O)(=O)N3CCCCC3)ccc2N2CCCC2)c1. The van der Waals surface area contributed by atoms with Gasteiger partial charge in [0.2, 0.25) is 10.0 Å². The Kier molecular flexibility index (Phi) is 7.68. The lowest BCUT2D eigenvalue weighted by Gasteiger charge is -2.27. The Bertz CT molecular complexity index is 1240. The van der Waals surface area contributed by atoms with Crippen molar-refractivity contribution in [1.29, 1.82) is 5.26 Å². The number of esters is 1. The van der Waals surface area contributed by atoms with E-state index in [0.29, 0.717) is 30.0 Å². The maximum Gasteiger partial charge on any atom is 0.340 e. The first kappa shape index (κ1) is 24.7. The minimum Gasteiger partial charge on any atom is -0.452 e. The van der Waals surface area contributed by atoms with Gasteiger partial charge in [-0.3, -0.25) is 4.79 Å². The van der Waals surface area contributed by atoms with Gasteiger partial charge in [0.15, 0.2) is 6.61 Å². The van der Waals surface area contributed by atoms with Gasteiger partial charge in [0, 0.05) is 31.9 Å². The van der Waals surface area contributed by atoms with E-state index < -0.39 is 28.5 Å². The van der Waals surface area contributed by atoms with Crippen LogP contribution in [0.2, 0.25) is 0 Å². The van der Waals surface area contributed by atoms with Crippen LogP contribution in [0.25, 0.3) is 0 Å². The van der Waals surface area contributed by atoms with Crippen molar-refractivity contribution < 1.29 is 22.7 Å². The Morgan fingerprint density at radius 3 is 2.40 bits per heavy atom. The third kappa shape index (κ3) is 5.81. The van der Waals surface area contributed by atoms with E-state index in [1.165, 1.54) is 16.4 Å². The smallest absolute Gasteiger partial charge is 0.340 e. The lowest BCUT2D eigenvalue weighted by atomic mass is 10.1. The molecule has 1 amide bonds. The predicted octanol–water partition coefficient (Wildman–Crippen LogP) is 3.13. The summed E-state index contributed by atoms with van der Waals surface area (Å²) in [6.07, 6.45) is 4.58. The van der Waals surface area contributed by atoms with Gasteiger partial charge < -0.3 is 15.0 Å². The molecular weight excluding hydrogens is 468 g/mol. The normalized spacial score (nSPS) is 16.5. The molecule has 35 heavy (non-hydrogen) atoms. The molecule has 0 unspecified atom stereocenters. The fourth-order valence-electron chi connectivity index (χ4n) is 4.40. The highest BCUT2D eigenvalue weighted by molar-refractivity contribution is 7.89. The highest BCUT2D eigenvalue weighted by Crippen LogP contribution is 2.30. The number of anilines is 2. The molecule has 0 radical (unpaired) electrons. The number of piperidine rings is 1. The molecule has 2 heterocycles. The van der Waals surface area contributed by atoms with Gasteiger partial charge in [-0.2, -0.15) is 9.57 Å². The molecular formula is C25H28N4O5S. The van der Waals surface area contributed by atoms with Crippen LogP contribution in [0.1, 0.15) is 48.0 Å². The van der Waals surface area contributed by atoms with Crippen molar-refractivity contribution in [2.75, 3.05) is 43.0 Å². The van der Waals surface area contributed by atoms with E-state index in [1.54, 1.807) is 30.3 Å². The van der Waals surface area contributed by atoms with Gasteiger partial charge in [-0.25, -0.2) is 13.2 Å². The molecule has 2 aliphatic rings. The topological polar surface area (TPSA) is 120 Å². The average Bonchev–Trinajstić information content (AvgIpc) is 3.42. The number of hydrogen-bond donors (Lipinski definition) is 1. The zero-order valence-corrected chi connectivity index (χ0v) is 20.2. The van der Waals surface area contributed by atoms with Crippen LogP contribution < -0.4 is 10.2 Å². The van der Waals surface area contributed by atoms with E-state index >= 15 is 0 Å². The molecule has 0 aliphatic carbocycles. The van der Waals surface area contributed by atoms with Crippen molar-refractivity contribution in [3.63, 3.8) is 0 Å². The number of ether oxygens (including phenoxy) is 1. The molecule has 0 atom stereocenters. The van der Waals surface area contributed by atoms with Gasteiger partial charge in [0.05, 0.1) is 27.8 Å². The number of nitrogens with one attached hydrogen (secondary N) is 1. The minimum atomic E-state index is -3.74. The summed E-state index contributed by atoms with van der Waals surface area (Å²) in [5.41, 5.74) is 1.54. The van der Waals surface area contributed by atoms with Crippen molar-refractivity contribution in [2.45, 2.75) is 37.0 Å². The van der Waals surface area contributed by atoms with Gasteiger partial charge >= 0.3 is 5.97 Å². The molecule has 4 rings (SSSR count). The zero-order valence-electron chi connectivity index (χ0n) is 19.4. The first-order valence-corrected chi connectivity index (χ1v) is 13.2. The summed E-state index contributed by atoms with van der Waals surface area (Å²) in [5.74, 6) is -1.32. The number of amides is 1. The van der Waals surface area contributed by atoms with Crippen molar-refractivity contribution in [2.24, 2.45) is 0 Å². The minimum absolute atomic E-state index is 0.0482. The van der Waals surface area contributed by atoms with E-state index in [0.717, 1.165) is 45.2 Å². The number of nitrogens with zero attached hydrogens (tertiary/aromatic N) is 3. The van der Waals surface area contributed by atoms with E-state index in [-0.39, 0.29) is 10.5 Å². The second-order valence-electron chi connectivity index (χ2n) is 8.65. The van der Waals surface area contributed by atoms with Gasteiger partial charge in [0.1, 0.15) is 0 Å². The number of carbonyl (C=O) groups excluding carboxylic acids is 2. The summed E-state index contributed by atoms with van der Waals surface area (Å²) in [7, 11) is -3.74. The number of sulfonamides is 1. The first-order valence-electron chi connectivity index (χ1n) is 11.7. The summed E-state index contributed by atoms with van der Waals surface area (Å²) < 4.78 is 33.1. The Morgan fingerprint density at radius 2 is 1.69 bits per heavy atom. The van der Waals surface area contributed by atoms with Gasteiger partial charge in [-0.05, 0) is 62.1 Å². The van der Waals surface area contributed by atoms with Gasteiger partial charge in [-0.1, -0.05) is 12.5 Å². The fourth-order valence-corrected chi connectivity index (χ4v) is 5.94. The number of benzene rings is 2. The Morgan fingerprint density at radius 1 is 0.971 bits per heavy atom. The second kappa shape index (κ2) is 10.9. The van der Waals surface area contributed by atoms with Gasteiger partial charge in [0.25, 0.3) is 5.91 Å². The predicted molar refractivity (Wildman–Crippen MR) is 131 cm³/mol. The van der Waals surface area contributed by atoms with Crippen molar-refractivity contribution in [1.82, 2.24) is 4.31 Å². The monoisotopic (exact) mass is 496 g/mol. The number of carbonyl (C=O) groups is 2. The second-order valence-corrected chi connectivity index (χ2v) is 10.6. The molecule has 2 fully saturated rings. The zero-order chi connectivity index (χ0) is 24.8. The average molecular weight is 497 g/mol. The summed E-state index contributed by atoms with van der Waals surface area (Å²) in [4.78, 5) is 27.5. The summed E-state index contributed by atoms with van der Waals surface area (Å²) in [6, 6.07) is 13.0. The maximum absolute atomic E-state index is 13.2. The largest absolute Gasteiger partial charge is 0.452 e. The van der Waals surface area contributed by atoms with Crippen LogP contribution in [0, 0.1) is 11.3 Å². The quantitative estimate of drug-likeness (QED) is 0.585. The lowest BCUT2D eigenvalue weighted by Crippen LogP contribution is -2.35. The fraction of sp³-hybridized carbons (Fsp3) is 0.400. The molecule has 2 aliphatic heterocycles. The molecule has 2 aromatic carbocycles. The number of nitriles is 1. The number of hydrogen-bond acceptors (Lipinski definition) is 7. The molecule has 9 nitrogen and oxygen atoms in total. The molecule has 184 valence electrons. The summed E-state index contributed by atoms with van der Waals surface area (Å²) >= 11 is 0. The standard InChI is InChI=1S/C25H28N4O5S/c26-17-19-7-6-8-20(15-19)27-24(30)18-34-25(31)22-16-21(9-10-23(22)28-11-4-5-12-28)35(32,33)29-13-2-1-3-14-29/h6-10,15-16H,1-5,11-14,18H2,(H,27,30). The van der Waals surface area contributed by atoms with E-state index in [4.69, 9.17) is 10.00 Å². The Balaban J connectivity index is 1.52. The molecule has 10 heteroatoms. The summed E-state index contributed by atoms with van der Waals surface area (Å²) in [6.45, 7) is 1.90. The highest BCUT2D eigenvalue weighted by Gasteiger charge is 2.29. The molecule has 0 aromatic heterocycles. The lowest BCUT2D eigenvalue weighted by molar-refractivity contribution is -0.119. The molecule has 2 saturated heterocycles. The van der Waals surface area contributed by atoms with Crippen molar-refractivity contribution in [3.05, 3.63) is 53.6 Å². The van der Waals surface area contributed by atoms with Crippen LogP contribution in [-0.4, -0.2) is 57.4 Å². The Labute approximate surface area is 205 Å². The van der Waals surface area contributed by atoms with Crippen LogP contribution >= 0.6 is 0 Å². The Hall–Kier alpha value is -3.42. The van der Waals surface area contributed by atoms with Gasteiger partial charge in [-0.15, -0.1) is 0 Å². The van der Waals surface area contributed by atoms with Crippen LogP contribution in [0.5, 0.6) is 0 Å². The molecule has 0 saturated carbocycles. The van der Waals surface area contributed by atoms with E-state index in [2.05, 4.69) is 5.32 Å². The van der Waals surface area contributed by atoms with Crippen molar-refractivity contribution >= 4 is 33.3 Å².